The van der Waals surface area contributed by atoms with Crippen molar-refractivity contribution < 1.29 is 4.79 Å². The van der Waals surface area contributed by atoms with Crippen molar-refractivity contribution in [2.24, 2.45) is 23.5 Å². The Morgan fingerprint density at radius 2 is 2.05 bits per heavy atom. The summed E-state index contributed by atoms with van der Waals surface area (Å²) >= 11 is 1.73. The average molecular weight is 343 g/mol. The van der Waals surface area contributed by atoms with Crippen molar-refractivity contribution in [1.82, 2.24) is 4.90 Å². The highest BCUT2D eigenvalue weighted by Crippen LogP contribution is 2.42. The van der Waals surface area contributed by atoms with E-state index in [1.165, 1.54) is 24.1 Å². The lowest BCUT2D eigenvalue weighted by atomic mass is 9.65. The van der Waals surface area contributed by atoms with Gasteiger partial charge in [-0.05, 0) is 55.9 Å². The number of halogens is 1. The summed E-state index contributed by atoms with van der Waals surface area (Å²) in [5, 5.41) is 2.08. The summed E-state index contributed by atoms with van der Waals surface area (Å²) in [5.74, 6) is 1.72. The zero-order valence-corrected chi connectivity index (χ0v) is 14.9. The molecule has 0 aromatic carbocycles. The van der Waals surface area contributed by atoms with Crippen molar-refractivity contribution in [2.75, 3.05) is 6.54 Å². The molecular formula is C17H27ClN2OS. The van der Waals surface area contributed by atoms with E-state index in [2.05, 4.69) is 24.4 Å². The van der Waals surface area contributed by atoms with E-state index < -0.39 is 0 Å². The van der Waals surface area contributed by atoms with Gasteiger partial charge in [-0.1, -0.05) is 12.5 Å². The predicted octanol–water partition coefficient (Wildman–Crippen LogP) is 3.67. The van der Waals surface area contributed by atoms with Crippen LogP contribution in [0.2, 0.25) is 0 Å². The summed E-state index contributed by atoms with van der Waals surface area (Å²) in [6, 6.07) is 4.52. The van der Waals surface area contributed by atoms with Crippen molar-refractivity contribution in [2.45, 2.75) is 51.6 Å². The Morgan fingerprint density at radius 1 is 1.36 bits per heavy atom. The third-order valence-corrected chi connectivity index (χ3v) is 6.24. The number of rotatable bonds is 4. The molecule has 0 spiro atoms. The minimum Gasteiger partial charge on any atom is -0.338 e. The van der Waals surface area contributed by atoms with Crippen LogP contribution in [-0.2, 0) is 11.3 Å². The number of carbonyl (C=O) groups is 1. The molecular weight excluding hydrogens is 316 g/mol. The number of fused-ring (bicyclic) bond motifs is 2. The summed E-state index contributed by atoms with van der Waals surface area (Å²) < 4.78 is 0. The zero-order valence-electron chi connectivity index (χ0n) is 13.2. The fourth-order valence-corrected chi connectivity index (χ4v) is 4.90. The number of hydrogen-bond donors (Lipinski definition) is 1. The van der Waals surface area contributed by atoms with Crippen LogP contribution < -0.4 is 5.73 Å². The highest BCUT2D eigenvalue weighted by atomic mass is 35.5. The van der Waals surface area contributed by atoms with Crippen LogP contribution in [0.5, 0.6) is 0 Å². The van der Waals surface area contributed by atoms with Gasteiger partial charge in [-0.3, -0.25) is 4.79 Å². The SMILES string of the molecule is CCN(Cc1cccs1)C(=O)C1CC2CCCC(C1)C2N.Cl. The molecule has 2 atom stereocenters. The van der Waals surface area contributed by atoms with Gasteiger partial charge in [-0.25, -0.2) is 0 Å². The van der Waals surface area contributed by atoms with Gasteiger partial charge in [0.05, 0.1) is 6.54 Å². The molecule has 3 rings (SSSR count). The molecule has 1 aromatic rings. The van der Waals surface area contributed by atoms with E-state index in [9.17, 15) is 4.79 Å². The Morgan fingerprint density at radius 3 is 2.59 bits per heavy atom. The van der Waals surface area contributed by atoms with Crippen LogP contribution >= 0.6 is 23.7 Å². The fourth-order valence-electron chi connectivity index (χ4n) is 4.19. The first-order chi connectivity index (χ1) is 10.2. The topological polar surface area (TPSA) is 46.3 Å². The Bertz CT molecular complexity index is 465. The molecule has 124 valence electrons. The molecule has 5 heteroatoms. The maximum Gasteiger partial charge on any atom is 0.226 e. The minimum atomic E-state index is 0. The van der Waals surface area contributed by atoms with Crippen LogP contribution in [0.3, 0.4) is 0 Å². The highest BCUT2D eigenvalue weighted by molar-refractivity contribution is 7.09. The van der Waals surface area contributed by atoms with Crippen LogP contribution in [0.4, 0.5) is 0 Å². The van der Waals surface area contributed by atoms with E-state index in [1.54, 1.807) is 11.3 Å². The standard InChI is InChI=1S/C17H26N2OS.ClH/c1-2-19(11-15-7-4-8-21-15)17(20)14-9-12-5-3-6-13(10-14)16(12)18;/h4,7-8,12-14,16H,2-3,5-6,9-11,18H2,1H3;1H. The average Bonchev–Trinajstić information content (AvgIpc) is 2.96. The number of carbonyl (C=O) groups excluding carboxylic acids is 1. The first-order valence-electron chi connectivity index (χ1n) is 8.25. The smallest absolute Gasteiger partial charge is 0.226 e. The molecule has 1 aromatic heterocycles. The normalized spacial score (nSPS) is 30.5. The molecule has 22 heavy (non-hydrogen) atoms. The number of nitrogens with zero attached hydrogens (tertiary/aromatic N) is 1. The molecule has 1 heterocycles. The number of thiophene rings is 1. The van der Waals surface area contributed by atoms with Gasteiger partial charge >= 0.3 is 0 Å². The molecule has 2 aliphatic rings. The number of amides is 1. The molecule has 1 amide bonds. The van der Waals surface area contributed by atoms with E-state index in [-0.39, 0.29) is 18.3 Å². The quantitative estimate of drug-likeness (QED) is 0.907. The van der Waals surface area contributed by atoms with Crippen molar-refractivity contribution in [1.29, 1.82) is 0 Å². The van der Waals surface area contributed by atoms with Crippen molar-refractivity contribution in [3.05, 3.63) is 22.4 Å². The van der Waals surface area contributed by atoms with E-state index >= 15 is 0 Å². The molecule has 2 N–H and O–H groups in total. The van der Waals surface area contributed by atoms with Crippen LogP contribution in [0, 0.1) is 17.8 Å². The van der Waals surface area contributed by atoms with Gasteiger partial charge in [0, 0.05) is 23.4 Å². The lowest BCUT2D eigenvalue weighted by molar-refractivity contribution is -0.139. The van der Waals surface area contributed by atoms with E-state index in [1.807, 2.05) is 4.90 Å². The van der Waals surface area contributed by atoms with Gasteiger partial charge in [0.25, 0.3) is 0 Å². The molecule has 0 radical (unpaired) electrons. The monoisotopic (exact) mass is 342 g/mol. The first kappa shape index (κ1) is 17.8. The van der Waals surface area contributed by atoms with E-state index in [0.717, 1.165) is 25.9 Å². The third kappa shape index (κ3) is 3.66. The molecule has 2 aliphatic carbocycles. The Balaban J connectivity index is 0.00000176. The van der Waals surface area contributed by atoms with Crippen molar-refractivity contribution >= 4 is 29.7 Å². The summed E-state index contributed by atoms with van der Waals surface area (Å²) in [4.78, 5) is 16.2. The maximum atomic E-state index is 12.9. The summed E-state index contributed by atoms with van der Waals surface area (Å²) in [7, 11) is 0. The van der Waals surface area contributed by atoms with Crippen LogP contribution in [-0.4, -0.2) is 23.4 Å². The van der Waals surface area contributed by atoms with Crippen LogP contribution in [0.15, 0.2) is 17.5 Å². The Hall–Kier alpha value is -0.580. The first-order valence-corrected chi connectivity index (χ1v) is 9.13. The minimum absolute atomic E-state index is 0. The second kappa shape index (κ2) is 7.80. The van der Waals surface area contributed by atoms with Gasteiger partial charge in [-0.2, -0.15) is 0 Å². The van der Waals surface area contributed by atoms with Crippen LogP contribution in [0.25, 0.3) is 0 Å². The van der Waals surface area contributed by atoms with E-state index in [0.29, 0.717) is 23.8 Å². The number of nitrogens with two attached hydrogens (primary N) is 1. The predicted molar refractivity (Wildman–Crippen MR) is 94.2 cm³/mol. The summed E-state index contributed by atoms with van der Waals surface area (Å²) in [5.41, 5.74) is 6.34. The van der Waals surface area contributed by atoms with Crippen molar-refractivity contribution in [3.8, 4) is 0 Å². The second-order valence-corrected chi connectivity index (χ2v) is 7.66. The highest BCUT2D eigenvalue weighted by Gasteiger charge is 2.41. The number of hydrogen-bond acceptors (Lipinski definition) is 3. The molecule has 0 aliphatic heterocycles. The Kier molecular flexibility index (Phi) is 6.30. The van der Waals surface area contributed by atoms with E-state index in [4.69, 9.17) is 5.73 Å². The van der Waals surface area contributed by atoms with Gasteiger partial charge in [-0.15, -0.1) is 23.7 Å². The molecule has 2 bridgehead atoms. The lowest BCUT2D eigenvalue weighted by Crippen LogP contribution is -2.49. The fraction of sp³-hybridized carbons (Fsp3) is 0.706. The van der Waals surface area contributed by atoms with Gasteiger partial charge < -0.3 is 10.6 Å². The largest absolute Gasteiger partial charge is 0.338 e. The molecule has 2 saturated carbocycles. The Labute approximate surface area is 143 Å². The third-order valence-electron chi connectivity index (χ3n) is 5.38. The van der Waals surface area contributed by atoms with Gasteiger partial charge in [0.1, 0.15) is 0 Å². The molecule has 3 nitrogen and oxygen atoms in total. The molecule has 2 fully saturated rings. The van der Waals surface area contributed by atoms with Gasteiger partial charge in [0.2, 0.25) is 5.91 Å². The molecule has 2 unspecified atom stereocenters. The maximum absolute atomic E-state index is 12.9. The van der Waals surface area contributed by atoms with Crippen molar-refractivity contribution in [3.63, 3.8) is 0 Å². The lowest BCUT2D eigenvalue weighted by Gasteiger charge is -2.44. The molecule has 0 saturated heterocycles. The second-order valence-electron chi connectivity index (χ2n) is 6.63. The van der Waals surface area contributed by atoms with Crippen LogP contribution in [0.1, 0.15) is 43.9 Å². The van der Waals surface area contributed by atoms with Gasteiger partial charge in [0.15, 0.2) is 0 Å². The summed E-state index contributed by atoms with van der Waals surface area (Å²) in [6.07, 6.45) is 5.77. The summed E-state index contributed by atoms with van der Waals surface area (Å²) in [6.45, 7) is 3.65. The zero-order chi connectivity index (χ0) is 14.8.